The van der Waals surface area contributed by atoms with Gasteiger partial charge in [-0.05, 0) is 61.6 Å². The van der Waals surface area contributed by atoms with Gasteiger partial charge in [-0.3, -0.25) is 9.78 Å². The molecule has 1 N–H and O–H groups in total. The van der Waals surface area contributed by atoms with Crippen molar-refractivity contribution >= 4 is 11.5 Å². The van der Waals surface area contributed by atoms with Crippen LogP contribution in [0.4, 0.5) is 0 Å². The fraction of sp³-hybridized carbons (Fsp3) is 0.333. The van der Waals surface area contributed by atoms with Crippen LogP contribution in [0.5, 0.6) is 0 Å². The number of pyridine rings is 1. The van der Waals surface area contributed by atoms with Gasteiger partial charge in [0, 0.05) is 29.2 Å². The van der Waals surface area contributed by atoms with E-state index in [9.17, 15) is 4.79 Å². The summed E-state index contributed by atoms with van der Waals surface area (Å²) in [5.41, 5.74) is 7.70. The topological polar surface area (TPSA) is 42.0 Å². The Morgan fingerprint density at radius 2 is 1.92 bits per heavy atom. The predicted molar refractivity (Wildman–Crippen MR) is 93.9 cm³/mol. The van der Waals surface area contributed by atoms with Gasteiger partial charge in [-0.2, -0.15) is 0 Å². The highest BCUT2D eigenvalue weighted by atomic mass is 16.2. The number of hydrogen-bond donors (Lipinski definition) is 1. The number of nitrogens with one attached hydrogen (secondary N) is 1. The smallest absolute Gasteiger partial charge is 0.252 e. The van der Waals surface area contributed by atoms with Crippen molar-refractivity contribution in [3.8, 4) is 0 Å². The minimum absolute atomic E-state index is 0.0260. The number of carbonyl (C=O) groups excluding carboxylic acids is 1. The highest BCUT2D eigenvalue weighted by Crippen LogP contribution is 2.41. The van der Waals surface area contributed by atoms with Crippen molar-refractivity contribution in [2.75, 3.05) is 0 Å². The van der Waals surface area contributed by atoms with Crippen molar-refractivity contribution in [3.63, 3.8) is 0 Å². The summed E-state index contributed by atoms with van der Waals surface area (Å²) in [5, 5.41) is 3.05. The predicted octanol–water partition coefficient (Wildman–Crippen LogP) is 3.93. The Balaban J connectivity index is 1.57. The van der Waals surface area contributed by atoms with E-state index in [1.165, 1.54) is 40.9 Å². The van der Waals surface area contributed by atoms with E-state index in [-0.39, 0.29) is 11.4 Å². The van der Waals surface area contributed by atoms with Gasteiger partial charge in [0.05, 0.1) is 11.2 Å². The molecule has 1 aromatic heterocycles. The van der Waals surface area contributed by atoms with E-state index in [0.29, 0.717) is 5.92 Å². The highest BCUT2D eigenvalue weighted by molar-refractivity contribution is 6.00. The molecule has 0 unspecified atom stereocenters. The molecule has 5 rings (SSSR count). The van der Waals surface area contributed by atoms with Crippen molar-refractivity contribution in [2.24, 2.45) is 0 Å². The average molecular weight is 316 g/mol. The molecule has 1 amide bonds. The van der Waals surface area contributed by atoms with Gasteiger partial charge < -0.3 is 5.32 Å². The molecule has 3 heteroatoms. The molecular weight excluding hydrogens is 296 g/mol. The average Bonchev–Trinajstić information content (AvgIpc) is 3.28. The molecular formula is C21H20N2O. The minimum Gasteiger partial charge on any atom is -0.343 e. The van der Waals surface area contributed by atoms with Crippen LogP contribution in [0.2, 0.25) is 0 Å². The zero-order valence-corrected chi connectivity index (χ0v) is 14.0. The van der Waals surface area contributed by atoms with Gasteiger partial charge in [0.2, 0.25) is 0 Å². The van der Waals surface area contributed by atoms with Crippen molar-refractivity contribution < 1.29 is 4.79 Å². The van der Waals surface area contributed by atoms with Gasteiger partial charge in [-0.15, -0.1) is 0 Å². The lowest BCUT2D eigenvalue weighted by atomic mass is 9.90. The monoisotopic (exact) mass is 316 g/mol. The molecule has 2 aromatic rings. The maximum absolute atomic E-state index is 12.1. The number of amides is 1. The molecule has 0 saturated heterocycles. The molecule has 3 aliphatic rings. The number of nitrogens with zero attached hydrogens (tertiary/aromatic N) is 1. The Labute approximate surface area is 141 Å². The minimum atomic E-state index is -0.307. The summed E-state index contributed by atoms with van der Waals surface area (Å²) in [6, 6.07) is 10.6. The van der Waals surface area contributed by atoms with Crippen LogP contribution in [0.15, 0.2) is 36.4 Å². The first-order valence-corrected chi connectivity index (χ1v) is 8.71. The second kappa shape index (κ2) is 4.56. The first-order chi connectivity index (χ1) is 11.5. The van der Waals surface area contributed by atoms with Crippen molar-refractivity contribution in [1.82, 2.24) is 10.3 Å². The van der Waals surface area contributed by atoms with Gasteiger partial charge in [0.1, 0.15) is 0 Å². The van der Waals surface area contributed by atoms with Crippen LogP contribution in [0.25, 0.3) is 5.57 Å². The summed E-state index contributed by atoms with van der Waals surface area (Å²) in [6.45, 7) is 4.11. The molecule has 0 radical (unpaired) electrons. The maximum atomic E-state index is 12.1. The standard InChI is InChI=1S/C21H20N2O/c1-21(2)17-11-13(5-6-16(17)20(24)23-21)14-7-10-19-15(14)8-9-18(22-19)12-3-4-12/h5-9,11-12H,3-4,10H2,1-2H3,(H,23,24). The number of carbonyl (C=O) groups is 1. The van der Waals surface area contributed by atoms with E-state index in [1.807, 2.05) is 6.07 Å². The van der Waals surface area contributed by atoms with E-state index in [1.54, 1.807) is 0 Å². The van der Waals surface area contributed by atoms with Gasteiger partial charge in [-0.25, -0.2) is 0 Å². The number of hydrogen-bond acceptors (Lipinski definition) is 2. The first-order valence-electron chi connectivity index (χ1n) is 8.71. The van der Waals surface area contributed by atoms with Crippen molar-refractivity contribution in [2.45, 2.75) is 44.6 Å². The van der Waals surface area contributed by atoms with Crippen molar-refractivity contribution in [1.29, 1.82) is 0 Å². The SMILES string of the molecule is CC1(C)NC(=O)c2ccc(C3=CCc4nc(C5CC5)ccc43)cc21. The summed E-state index contributed by atoms with van der Waals surface area (Å²) in [4.78, 5) is 17.0. The van der Waals surface area contributed by atoms with Crippen LogP contribution >= 0.6 is 0 Å². The first kappa shape index (κ1) is 14.0. The zero-order chi connectivity index (χ0) is 16.5. The van der Waals surface area contributed by atoms with Crippen LogP contribution in [-0.2, 0) is 12.0 Å². The van der Waals surface area contributed by atoms with Crippen LogP contribution in [0.1, 0.15) is 71.0 Å². The fourth-order valence-electron chi connectivity index (χ4n) is 3.95. The molecule has 0 bridgehead atoms. The highest BCUT2D eigenvalue weighted by Gasteiger charge is 2.35. The van der Waals surface area contributed by atoms with E-state index >= 15 is 0 Å². The molecule has 120 valence electrons. The number of aromatic nitrogens is 1. The third-order valence-electron chi connectivity index (χ3n) is 5.46. The molecule has 1 saturated carbocycles. The van der Waals surface area contributed by atoms with Crippen LogP contribution in [0.3, 0.4) is 0 Å². The Hall–Kier alpha value is -2.42. The Kier molecular flexibility index (Phi) is 2.66. The lowest BCUT2D eigenvalue weighted by Crippen LogP contribution is -2.32. The van der Waals surface area contributed by atoms with Gasteiger partial charge >= 0.3 is 0 Å². The summed E-state index contributed by atoms with van der Waals surface area (Å²) in [6.07, 6.45) is 5.75. The maximum Gasteiger partial charge on any atom is 0.252 e. The van der Waals surface area contributed by atoms with Crippen molar-refractivity contribution in [3.05, 3.63) is 70.0 Å². The summed E-state index contributed by atoms with van der Waals surface area (Å²) < 4.78 is 0. The molecule has 0 atom stereocenters. The Morgan fingerprint density at radius 3 is 2.71 bits per heavy atom. The summed E-state index contributed by atoms with van der Waals surface area (Å²) in [5.74, 6) is 0.718. The van der Waals surface area contributed by atoms with Gasteiger partial charge in [0.15, 0.2) is 0 Å². The van der Waals surface area contributed by atoms with E-state index in [0.717, 1.165) is 17.5 Å². The number of benzene rings is 1. The van der Waals surface area contributed by atoms with Crippen LogP contribution in [-0.4, -0.2) is 10.9 Å². The summed E-state index contributed by atoms with van der Waals surface area (Å²) in [7, 11) is 0. The number of allylic oxidation sites excluding steroid dienone is 1. The van der Waals surface area contributed by atoms with Gasteiger partial charge in [0.25, 0.3) is 5.91 Å². The molecule has 2 heterocycles. The molecule has 1 fully saturated rings. The Bertz CT molecular complexity index is 919. The quantitative estimate of drug-likeness (QED) is 0.912. The van der Waals surface area contributed by atoms with E-state index in [4.69, 9.17) is 4.98 Å². The number of rotatable bonds is 2. The second-order valence-corrected chi connectivity index (χ2v) is 7.67. The normalized spacial score (nSPS) is 20.4. The Morgan fingerprint density at radius 1 is 1.12 bits per heavy atom. The molecule has 1 aromatic carbocycles. The summed E-state index contributed by atoms with van der Waals surface area (Å²) >= 11 is 0. The zero-order valence-electron chi connectivity index (χ0n) is 14.0. The van der Waals surface area contributed by atoms with E-state index < -0.39 is 0 Å². The fourth-order valence-corrected chi connectivity index (χ4v) is 3.95. The lowest BCUT2D eigenvalue weighted by molar-refractivity contribution is 0.0940. The number of fused-ring (bicyclic) bond motifs is 2. The third kappa shape index (κ3) is 1.97. The third-order valence-corrected chi connectivity index (χ3v) is 5.46. The molecule has 24 heavy (non-hydrogen) atoms. The van der Waals surface area contributed by atoms with Gasteiger partial charge in [-0.1, -0.05) is 18.2 Å². The van der Waals surface area contributed by atoms with E-state index in [2.05, 4.69) is 49.5 Å². The second-order valence-electron chi connectivity index (χ2n) is 7.67. The lowest BCUT2D eigenvalue weighted by Gasteiger charge is -2.20. The molecule has 0 spiro atoms. The van der Waals surface area contributed by atoms with Crippen LogP contribution < -0.4 is 5.32 Å². The van der Waals surface area contributed by atoms with Crippen LogP contribution in [0, 0.1) is 0 Å². The molecule has 2 aliphatic carbocycles. The molecule has 3 nitrogen and oxygen atoms in total. The molecule has 1 aliphatic heterocycles. The largest absolute Gasteiger partial charge is 0.343 e.